The van der Waals surface area contributed by atoms with Crippen LogP contribution in [0, 0.1) is 0 Å². The largest absolute Gasteiger partial charge is 0.497 e. The number of pyridine rings is 1. The summed E-state index contributed by atoms with van der Waals surface area (Å²) in [5, 5.41) is 7.30. The third kappa shape index (κ3) is 7.70. The second kappa shape index (κ2) is 13.9. The highest BCUT2D eigenvalue weighted by molar-refractivity contribution is 9.10. The van der Waals surface area contributed by atoms with Crippen LogP contribution >= 0.6 is 15.9 Å². The maximum absolute atomic E-state index is 13.0. The van der Waals surface area contributed by atoms with E-state index >= 15 is 0 Å². The zero-order valence-electron chi connectivity index (χ0n) is 21.6. The molecule has 40 heavy (non-hydrogen) atoms. The number of methoxy groups -OCH3 is 1. The van der Waals surface area contributed by atoms with Gasteiger partial charge in [-0.05, 0) is 45.6 Å². The Morgan fingerprint density at radius 3 is 2.55 bits per heavy atom. The number of anilines is 2. The molecule has 2 N–H and O–H groups in total. The Hall–Kier alpha value is -4.64. The minimum absolute atomic E-state index is 0.0189. The minimum atomic E-state index is -0.676. The van der Waals surface area contributed by atoms with E-state index in [1.54, 1.807) is 42.6 Å². The van der Waals surface area contributed by atoms with Gasteiger partial charge in [-0.15, -0.1) is 0 Å². The van der Waals surface area contributed by atoms with Crippen molar-refractivity contribution in [3.05, 3.63) is 95.2 Å². The molecule has 0 fully saturated rings. The van der Waals surface area contributed by atoms with Gasteiger partial charge in [0, 0.05) is 28.3 Å². The monoisotopic (exact) mass is 606 g/mol. The summed E-state index contributed by atoms with van der Waals surface area (Å²) in [6, 6.07) is 21.7. The first-order chi connectivity index (χ1) is 19.4. The summed E-state index contributed by atoms with van der Waals surface area (Å²) in [6.07, 6.45) is 1.68. The Balaban J connectivity index is 1.33. The van der Waals surface area contributed by atoms with Gasteiger partial charge in [0.1, 0.15) is 19.0 Å². The number of rotatable bonds is 10. The molecule has 0 bridgehead atoms. The molecule has 1 aromatic heterocycles. The maximum Gasteiger partial charge on any atom is 0.414 e. The molecule has 0 aliphatic rings. The van der Waals surface area contributed by atoms with Gasteiger partial charge in [-0.3, -0.25) is 20.0 Å². The van der Waals surface area contributed by atoms with Gasteiger partial charge in [-0.1, -0.05) is 42.5 Å². The molecule has 3 amide bonds. The Bertz CT molecular complexity index is 1490. The molecule has 0 saturated heterocycles. The molecule has 10 nitrogen and oxygen atoms in total. The van der Waals surface area contributed by atoms with Gasteiger partial charge < -0.3 is 19.5 Å². The normalized spacial score (nSPS) is 10.4. The molecular formula is C29H27BrN4O6. The number of amides is 3. The SMILES string of the molecule is COc1cccc(N(CCOC(=O)Nc2cccc3ccccc23)C(=O)OCCNC(=O)c2cncc(Br)c2)c1. The van der Waals surface area contributed by atoms with Crippen molar-refractivity contribution in [3.63, 3.8) is 0 Å². The van der Waals surface area contributed by atoms with Gasteiger partial charge in [0.15, 0.2) is 0 Å². The Kier molecular flexibility index (Phi) is 9.89. The van der Waals surface area contributed by atoms with E-state index in [4.69, 9.17) is 14.2 Å². The van der Waals surface area contributed by atoms with Crippen LogP contribution in [0.15, 0.2) is 89.7 Å². The number of ether oxygens (including phenoxy) is 3. The quantitative estimate of drug-likeness (QED) is 0.225. The molecule has 4 aromatic rings. The molecule has 206 valence electrons. The standard InChI is InChI=1S/C29H27BrN4O6/c1-38-24-9-5-8-23(17-24)34(29(37)40-14-12-32-27(35)21-16-22(30)19-31-18-21)13-15-39-28(36)33-26-11-4-7-20-6-2-3-10-25(20)26/h2-11,16-19H,12-15H2,1H3,(H,32,35)(H,33,36). The summed E-state index contributed by atoms with van der Waals surface area (Å²) in [5.74, 6) is 0.194. The summed E-state index contributed by atoms with van der Waals surface area (Å²) in [5.41, 5.74) is 1.48. The van der Waals surface area contributed by atoms with Crippen LogP contribution in [0.4, 0.5) is 21.0 Å². The first-order valence-corrected chi connectivity index (χ1v) is 13.1. The molecule has 0 saturated carbocycles. The van der Waals surface area contributed by atoms with Crippen LogP contribution in [0.1, 0.15) is 10.4 Å². The minimum Gasteiger partial charge on any atom is -0.497 e. The van der Waals surface area contributed by atoms with Gasteiger partial charge >= 0.3 is 12.2 Å². The number of nitrogens with one attached hydrogen (secondary N) is 2. The van der Waals surface area contributed by atoms with E-state index in [0.717, 1.165) is 10.8 Å². The van der Waals surface area contributed by atoms with Gasteiger partial charge in [0.25, 0.3) is 5.91 Å². The smallest absolute Gasteiger partial charge is 0.414 e. The Labute approximate surface area is 239 Å². The third-order valence-electron chi connectivity index (χ3n) is 5.74. The molecule has 1 heterocycles. The molecule has 0 aliphatic carbocycles. The van der Waals surface area contributed by atoms with Gasteiger partial charge in [0.2, 0.25) is 0 Å². The van der Waals surface area contributed by atoms with Crippen molar-refractivity contribution >= 4 is 56.2 Å². The number of aromatic nitrogens is 1. The number of carbonyl (C=O) groups is 3. The second-order valence-electron chi connectivity index (χ2n) is 8.40. The molecule has 11 heteroatoms. The van der Waals surface area contributed by atoms with E-state index in [9.17, 15) is 14.4 Å². The summed E-state index contributed by atoms with van der Waals surface area (Å²) in [7, 11) is 1.52. The van der Waals surface area contributed by atoms with Crippen LogP contribution in [0.5, 0.6) is 5.75 Å². The fourth-order valence-corrected chi connectivity index (χ4v) is 4.20. The van der Waals surface area contributed by atoms with Crippen LogP contribution in [0.3, 0.4) is 0 Å². The molecule has 0 spiro atoms. The maximum atomic E-state index is 13.0. The zero-order valence-corrected chi connectivity index (χ0v) is 23.2. The van der Waals surface area contributed by atoms with Crippen molar-refractivity contribution in [2.75, 3.05) is 43.6 Å². The summed E-state index contributed by atoms with van der Waals surface area (Å²) >= 11 is 3.27. The number of hydrogen-bond acceptors (Lipinski definition) is 7. The summed E-state index contributed by atoms with van der Waals surface area (Å²) in [4.78, 5) is 43.1. The predicted octanol–water partition coefficient (Wildman–Crippen LogP) is 5.63. The lowest BCUT2D eigenvalue weighted by Gasteiger charge is -2.22. The zero-order chi connectivity index (χ0) is 28.3. The molecule has 0 radical (unpaired) electrons. The molecule has 0 unspecified atom stereocenters. The topological polar surface area (TPSA) is 119 Å². The van der Waals surface area contributed by atoms with Crippen LogP contribution in [-0.2, 0) is 9.47 Å². The highest BCUT2D eigenvalue weighted by atomic mass is 79.9. The lowest BCUT2D eigenvalue weighted by Crippen LogP contribution is -2.37. The first-order valence-electron chi connectivity index (χ1n) is 12.3. The van der Waals surface area contributed by atoms with E-state index in [0.29, 0.717) is 27.2 Å². The number of hydrogen-bond donors (Lipinski definition) is 2. The number of nitrogens with zero attached hydrogens (tertiary/aromatic N) is 2. The van der Waals surface area contributed by atoms with Crippen molar-refractivity contribution in [2.24, 2.45) is 0 Å². The number of carbonyl (C=O) groups excluding carboxylic acids is 3. The molecule has 3 aromatic carbocycles. The second-order valence-corrected chi connectivity index (χ2v) is 9.32. The van der Waals surface area contributed by atoms with Gasteiger partial charge in [-0.2, -0.15) is 0 Å². The van der Waals surface area contributed by atoms with Crippen LogP contribution in [0.25, 0.3) is 10.8 Å². The van der Waals surface area contributed by atoms with E-state index < -0.39 is 12.2 Å². The van der Waals surface area contributed by atoms with Crippen LogP contribution in [0.2, 0.25) is 0 Å². The van der Waals surface area contributed by atoms with E-state index in [2.05, 4.69) is 31.5 Å². The van der Waals surface area contributed by atoms with Gasteiger partial charge in [0.05, 0.1) is 37.1 Å². The first kappa shape index (κ1) is 28.4. The number of benzene rings is 3. The van der Waals surface area contributed by atoms with E-state index in [1.165, 1.54) is 18.2 Å². The fourth-order valence-electron chi connectivity index (χ4n) is 3.83. The number of halogens is 1. The van der Waals surface area contributed by atoms with Crippen LogP contribution < -0.4 is 20.3 Å². The lowest BCUT2D eigenvalue weighted by atomic mass is 10.1. The van der Waals surface area contributed by atoms with E-state index in [1.807, 2.05) is 36.4 Å². The molecule has 0 atom stereocenters. The average molecular weight is 607 g/mol. The van der Waals surface area contributed by atoms with Gasteiger partial charge in [-0.25, -0.2) is 9.59 Å². The van der Waals surface area contributed by atoms with Crippen molar-refractivity contribution in [3.8, 4) is 5.75 Å². The lowest BCUT2D eigenvalue weighted by molar-refractivity contribution is 0.0935. The van der Waals surface area contributed by atoms with Crippen molar-refractivity contribution in [1.29, 1.82) is 0 Å². The summed E-state index contributed by atoms with van der Waals surface area (Å²) < 4.78 is 16.7. The predicted molar refractivity (Wildman–Crippen MR) is 155 cm³/mol. The third-order valence-corrected chi connectivity index (χ3v) is 6.17. The Morgan fingerprint density at radius 1 is 0.925 bits per heavy atom. The Morgan fingerprint density at radius 2 is 1.73 bits per heavy atom. The molecule has 4 rings (SSSR count). The highest BCUT2D eigenvalue weighted by Gasteiger charge is 2.19. The molecular weight excluding hydrogens is 580 g/mol. The van der Waals surface area contributed by atoms with E-state index in [-0.39, 0.29) is 32.2 Å². The van der Waals surface area contributed by atoms with Crippen molar-refractivity contribution < 1.29 is 28.6 Å². The average Bonchev–Trinajstić information content (AvgIpc) is 2.97. The number of fused-ring (bicyclic) bond motifs is 1. The molecule has 0 aliphatic heterocycles. The summed E-state index contributed by atoms with van der Waals surface area (Å²) in [6.45, 7) is -0.0670. The fraction of sp³-hybridized carbons (Fsp3) is 0.172. The van der Waals surface area contributed by atoms with Crippen molar-refractivity contribution in [2.45, 2.75) is 0 Å². The van der Waals surface area contributed by atoms with Crippen LogP contribution in [-0.4, -0.2) is 56.5 Å². The highest BCUT2D eigenvalue weighted by Crippen LogP contribution is 2.24. The van der Waals surface area contributed by atoms with Crippen molar-refractivity contribution in [1.82, 2.24) is 10.3 Å².